The number of nitrogen functional groups attached to an aromatic ring is 1. The van der Waals surface area contributed by atoms with Gasteiger partial charge in [-0.25, -0.2) is 9.97 Å². The Hall–Kier alpha value is -2.47. The maximum atomic E-state index is 12.3. The minimum absolute atomic E-state index is 0.174. The molecule has 1 amide bonds. The van der Waals surface area contributed by atoms with E-state index in [-0.39, 0.29) is 5.91 Å². The highest BCUT2D eigenvalue weighted by Crippen LogP contribution is 2.22. The van der Waals surface area contributed by atoms with Crippen LogP contribution in [0.4, 0.5) is 5.82 Å². The Bertz CT molecular complexity index is 812. The van der Waals surface area contributed by atoms with E-state index in [1.165, 1.54) is 17.5 Å². The largest absolute Gasteiger partial charge is 0.383 e. The first kappa shape index (κ1) is 13.5. The van der Waals surface area contributed by atoms with Crippen LogP contribution in [0.25, 0.3) is 10.8 Å². The van der Waals surface area contributed by atoms with E-state index in [4.69, 9.17) is 5.73 Å². The van der Waals surface area contributed by atoms with Crippen molar-refractivity contribution in [1.29, 1.82) is 0 Å². The lowest BCUT2D eigenvalue weighted by atomic mass is 10.1. The number of rotatable bonds is 3. The van der Waals surface area contributed by atoms with Gasteiger partial charge in [-0.3, -0.25) is 4.79 Å². The van der Waals surface area contributed by atoms with E-state index in [1.807, 2.05) is 36.6 Å². The molecule has 0 spiro atoms. The Morgan fingerprint density at radius 3 is 2.81 bits per heavy atom. The Labute approximate surface area is 125 Å². The molecule has 0 fully saturated rings. The summed E-state index contributed by atoms with van der Waals surface area (Å²) in [5, 5.41) is 7.30. The number of nitrogens with two attached hydrogens (primary N) is 1. The SMILES string of the molecule is Cc1csc(CNC(=O)c2cnc(N)c3ccccc23)n1. The Balaban J connectivity index is 1.86. The van der Waals surface area contributed by atoms with E-state index in [2.05, 4.69) is 15.3 Å². The number of carbonyl (C=O) groups excluding carboxylic acids is 1. The maximum Gasteiger partial charge on any atom is 0.253 e. The van der Waals surface area contributed by atoms with E-state index in [0.717, 1.165) is 21.5 Å². The Morgan fingerprint density at radius 1 is 1.33 bits per heavy atom. The highest BCUT2D eigenvalue weighted by atomic mass is 32.1. The average molecular weight is 298 g/mol. The molecular weight excluding hydrogens is 284 g/mol. The standard InChI is InChI=1S/C15H14N4OS/c1-9-8-21-13(19-9)7-18-15(20)12-6-17-14(16)11-5-3-2-4-10(11)12/h2-6,8H,7H2,1H3,(H2,16,17)(H,18,20). The monoisotopic (exact) mass is 298 g/mol. The Morgan fingerprint density at radius 2 is 2.10 bits per heavy atom. The van der Waals surface area contributed by atoms with Gasteiger partial charge in [0, 0.05) is 22.7 Å². The summed E-state index contributed by atoms with van der Waals surface area (Å²) in [6, 6.07) is 7.48. The van der Waals surface area contributed by atoms with Crippen LogP contribution in [0.3, 0.4) is 0 Å². The lowest BCUT2D eigenvalue weighted by Gasteiger charge is -2.08. The number of amides is 1. The molecule has 0 aliphatic rings. The van der Waals surface area contributed by atoms with Crippen LogP contribution in [0.1, 0.15) is 21.1 Å². The number of aromatic nitrogens is 2. The summed E-state index contributed by atoms with van der Waals surface area (Å²) in [4.78, 5) is 20.7. The number of hydrogen-bond donors (Lipinski definition) is 2. The van der Waals surface area contributed by atoms with Crippen molar-refractivity contribution in [3.8, 4) is 0 Å². The van der Waals surface area contributed by atoms with E-state index >= 15 is 0 Å². The zero-order valence-corrected chi connectivity index (χ0v) is 12.3. The predicted octanol–water partition coefficient (Wildman–Crippen LogP) is 2.51. The van der Waals surface area contributed by atoms with Crippen molar-refractivity contribution in [3.63, 3.8) is 0 Å². The lowest BCUT2D eigenvalue weighted by molar-refractivity contribution is 0.0952. The summed E-state index contributed by atoms with van der Waals surface area (Å²) in [7, 11) is 0. The highest BCUT2D eigenvalue weighted by Gasteiger charge is 2.12. The normalized spacial score (nSPS) is 10.7. The summed E-state index contributed by atoms with van der Waals surface area (Å²) in [5.41, 5.74) is 7.33. The summed E-state index contributed by atoms with van der Waals surface area (Å²) < 4.78 is 0. The molecule has 1 aromatic carbocycles. The molecule has 0 aliphatic carbocycles. The third-order valence-electron chi connectivity index (χ3n) is 3.14. The van der Waals surface area contributed by atoms with Crippen LogP contribution in [0, 0.1) is 6.92 Å². The molecule has 5 nitrogen and oxygen atoms in total. The first-order chi connectivity index (χ1) is 10.1. The number of fused-ring (bicyclic) bond motifs is 1. The summed E-state index contributed by atoms with van der Waals surface area (Å²) in [5.74, 6) is 0.254. The number of pyridine rings is 1. The van der Waals surface area contributed by atoms with Gasteiger partial charge in [-0.15, -0.1) is 11.3 Å². The zero-order chi connectivity index (χ0) is 14.8. The van der Waals surface area contributed by atoms with Crippen LogP contribution in [-0.4, -0.2) is 15.9 Å². The number of benzene rings is 1. The number of carbonyl (C=O) groups is 1. The molecule has 3 aromatic rings. The number of anilines is 1. The topological polar surface area (TPSA) is 80.9 Å². The second kappa shape index (κ2) is 5.49. The number of thiazole rings is 1. The van der Waals surface area contributed by atoms with Gasteiger partial charge >= 0.3 is 0 Å². The van der Waals surface area contributed by atoms with Gasteiger partial charge in [0.25, 0.3) is 5.91 Å². The molecule has 6 heteroatoms. The molecule has 0 bridgehead atoms. The van der Waals surface area contributed by atoms with E-state index in [1.54, 1.807) is 0 Å². The van der Waals surface area contributed by atoms with Gasteiger partial charge in [0.15, 0.2) is 0 Å². The van der Waals surface area contributed by atoms with E-state index < -0.39 is 0 Å². The van der Waals surface area contributed by atoms with Crippen molar-refractivity contribution in [1.82, 2.24) is 15.3 Å². The van der Waals surface area contributed by atoms with Gasteiger partial charge in [0.1, 0.15) is 10.8 Å². The number of aryl methyl sites for hydroxylation is 1. The minimum Gasteiger partial charge on any atom is -0.383 e. The van der Waals surface area contributed by atoms with Crippen LogP contribution in [-0.2, 0) is 6.54 Å². The van der Waals surface area contributed by atoms with Gasteiger partial charge in [-0.1, -0.05) is 24.3 Å². The van der Waals surface area contributed by atoms with Crippen molar-refractivity contribution in [2.75, 3.05) is 5.73 Å². The first-order valence-corrected chi connectivity index (χ1v) is 7.35. The van der Waals surface area contributed by atoms with Crippen LogP contribution in [0.15, 0.2) is 35.8 Å². The van der Waals surface area contributed by atoms with Crippen LogP contribution >= 0.6 is 11.3 Å². The fourth-order valence-corrected chi connectivity index (χ4v) is 2.84. The molecule has 3 rings (SSSR count). The van der Waals surface area contributed by atoms with Gasteiger partial charge in [0.05, 0.1) is 12.1 Å². The van der Waals surface area contributed by atoms with E-state index in [9.17, 15) is 4.79 Å². The predicted molar refractivity (Wildman–Crippen MR) is 84.2 cm³/mol. The minimum atomic E-state index is -0.174. The smallest absolute Gasteiger partial charge is 0.253 e. The van der Waals surface area contributed by atoms with Crippen molar-refractivity contribution < 1.29 is 4.79 Å². The third-order valence-corrected chi connectivity index (χ3v) is 4.10. The molecule has 2 heterocycles. The van der Waals surface area contributed by atoms with Crippen molar-refractivity contribution in [2.45, 2.75) is 13.5 Å². The molecule has 0 saturated carbocycles. The molecule has 106 valence electrons. The van der Waals surface area contributed by atoms with Crippen LogP contribution < -0.4 is 11.1 Å². The first-order valence-electron chi connectivity index (χ1n) is 6.47. The van der Waals surface area contributed by atoms with Gasteiger partial charge in [-0.2, -0.15) is 0 Å². The van der Waals surface area contributed by atoms with E-state index in [0.29, 0.717) is 17.9 Å². The third kappa shape index (κ3) is 2.71. The van der Waals surface area contributed by atoms with Crippen LogP contribution in [0.2, 0.25) is 0 Å². The zero-order valence-electron chi connectivity index (χ0n) is 11.5. The highest BCUT2D eigenvalue weighted by molar-refractivity contribution is 7.09. The maximum absolute atomic E-state index is 12.3. The summed E-state index contributed by atoms with van der Waals surface area (Å²) >= 11 is 1.53. The molecule has 21 heavy (non-hydrogen) atoms. The van der Waals surface area contributed by atoms with Gasteiger partial charge in [0.2, 0.25) is 0 Å². The molecular formula is C15H14N4OS. The molecule has 2 aromatic heterocycles. The average Bonchev–Trinajstić information content (AvgIpc) is 2.91. The Kier molecular flexibility index (Phi) is 3.53. The quantitative estimate of drug-likeness (QED) is 0.778. The fourth-order valence-electron chi connectivity index (χ4n) is 2.13. The fraction of sp³-hybridized carbons (Fsp3) is 0.133. The number of nitrogens with one attached hydrogen (secondary N) is 1. The lowest BCUT2D eigenvalue weighted by Crippen LogP contribution is -2.23. The van der Waals surface area contributed by atoms with Crippen molar-refractivity contribution >= 4 is 33.8 Å². The second-order valence-electron chi connectivity index (χ2n) is 4.67. The number of nitrogens with zero attached hydrogens (tertiary/aromatic N) is 2. The molecule has 0 aliphatic heterocycles. The van der Waals surface area contributed by atoms with Crippen molar-refractivity contribution in [2.24, 2.45) is 0 Å². The molecule has 0 unspecified atom stereocenters. The van der Waals surface area contributed by atoms with Gasteiger partial charge in [-0.05, 0) is 12.3 Å². The molecule has 3 N–H and O–H groups in total. The second-order valence-corrected chi connectivity index (χ2v) is 5.61. The van der Waals surface area contributed by atoms with Gasteiger partial charge < -0.3 is 11.1 Å². The summed E-state index contributed by atoms with van der Waals surface area (Å²) in [6.07, 6.45) is 1.51. The molecule has 0 saturated heterocycles. The van der Waals surface area contributed by atoms with Crippen LogP contribution in [0.5, 0.6) is 0 Å². The number of hydrogen-bond acceptors (Lipinski definition) is 5. The summed E-state index contributed by atoms with van der Waals surface area (Å²) in [6.45, 7) is 2.34. The molecule has 0 atom stereocenters. The molecule has 0 radical (unpaired) electrons. The van der Waals surface area contributed by atoms with Crippen molar-refractivity contribution in [3.05, 3.63) is 52.1 Å².